The summed E-state index contributed by atoms with van der Waals surface area (Å²) >= 11 is 0. The third kappa shape index (κ3) is 4.42. The van der Waals surface area contributed by atoms with Gasteiger partial charge in [0.1, 0.15) is 0 Å². The number of carbonyl (C=O) groups is 1. The second kappa shape index (κ2) is 8.62. The number of amides is 1. The molecule has 0 spiro atoms. The molecule has 0 saturated heterocycles. The number of fused-ring (bicyclic) bond motifs is 1. The molecule has 1 heterocycles. The summed E-state index contributed by atoms with van der Waals surface area (Å²) in [5.74, 6) is -0.306. The Hall–Kier alpha value is -2.95. The van der Waals surface area contributed by atoms with Gasteiger partial charge in [-0.25, -0.2) is 4.68 Å². The first kappa shape index (κ1) is 18.8. The van der Waals surface area contributed by atoms with E-state index in [9.17, 15) is 9.59 Å². The molecule has 2 aromatic carbocycles. The molecule has 1 N–H and O–H groups in total. The van der Waals surface area contributed by atoms with Crippen LogP contribution in [0, 0.1) is 6.92 Å². The van der Waals surface area contributed by atoms with Crippen LogP contribution in [0.4, 0.5) is 5.69 Å². The summed E-state index contributed by atoms with van der Waals surface area (Å²) in [7, 11) is 0. The first-order valence-electron chi connectivity index (χ1n) is 9.48. The standard InChI is InChI=1S/C22H25N3O2/c1-3-4-5-8-14-25-22(27)19-13-7-6-12-18(19)20(24-25)21(26)23-17-11-9-10-16(2)15-17/h6-7,9-13,15H,3-5,8,14H2,1-2H3,(H,23,26). The molecule has 140 valence electrons. The number of hydrogen-bond donors (Lipinski definition) is 1. The summed E-state index contributed by atoms with van der Waals surface area (Å²) < 4.78 is 1.43. The molecule has 0 unspecified atom stereocenters. The molecule has 0 bridgehead atoms. The smallest absolute Gasteiger partial charge is 0.276 e. The van der Waals surface area contributed by atoms with E-state index in [0.29, 0.717) is 23.0 Å². The van der Waals surface area contributed by atoms with E-state index in [-0.39, 0.29) is 17.2 Å². The van der Waals surface area contributed by atoms with E-state index in [1.54, 1.807) is 12.1 Å². The molecule has 1 amide bonds. The van der Waals surface area contributed by atoms with E-state index in [1.807, 2.05) is 43.3 Å². The molecular weight excluding hydrogens is 338 g/mol. The van der Waals surface area contributed by atoms with Gasteiger partial charge in [0, 0.05) is 17.6 Å². The normalized spacial score (nSPS) is 10.9. The molecule has 3 rings (SSSR count). The highest BCUT2D eigenvalue weighted by Crippen LogP contribution is 2.16. The molecule has 0 atom stereocenters. The molecule has 0 saturated carbocycles. The van der Waals surface area contributed by atoms with Crippen molar-refractivity contribution < 1.29 is 4.79 Å². The Kier molecular flexibility index (Phi) is 6.01. The van der Waals surface area contributed by atoms with E-state index < -0.39 is 0 Å². The quantitative estimate of drug-likeness (QED) is 0.627. The Morgan fingerprint density at radius 3 is 2.56 bits per heavy atom. The van der Waals surface area contributed by atoms with Gasteiger partial charge in [0.05, 0.1) is 5.39 Å². The number of rotatable bonds is 7. The van der Waals surface area contributed by atoms with Gasteiger partial charge in [-0.05, 0) is 37.1 Å². The fourth-order valence-electron chi connectivity index (χ4n) is 3.16. The van der Waals surface area contributed by atoms with Gasteiger partial charge < -0.3 is 5.32 Å². The van der Waals surface area contributed by atoms with Crippen molar-refractivity contribution in [1.82, 2.24) is 9.78 Å². The van der Waals surface area contributed by atoms with Crippen LogP contribution in [-0.2, 0) is 6.54 Å². The molecule has 0 aliphatic rings. The van der Waals surface area contributed by atoms with Crippen LogP contribution in [0.1, 0.15) is 48.7 Å². The van der Waals surface area contributed by atoms with Crippen molar-refractivity contribution in [2.45, 2.75) is 46.1 Å². The number of benzene rings is 2. The summed E-state index contributed by atoms with van der Waals surface area (Å²) in [6.07, 6.45) is 4.17. The summed E-state index contributed by atoms with van der Waals surface area (Å²) in [6, 6.07) is 14.8. The molecule has 5 heteroatoms. The zero-order valence-electron chi connectivity index (χ0n) is 15.9. The SMILES string of the molecule is CCCCCCn1nc(C(=O)Nc2cccc(C)c2)c2ccccc2c1=O. The second-order valence-electron chi connectivity index (χ2n) is 6.81. The number of aromatic nitrogens is 2. The lowest BCUT2D eigenvalue weighted by molar-refractivity contribution is 0.102. The highest BCUT2D eigenvalue weighted by molar-refractivity contribution is 6.11. The van der Waals surface area contributed by atoms with Gasteiger partial charge in [-0.1, -0.05) is 56.5 Å². The summed E-state index contributed by atoms with van der Waals surface area (Å²) in [4.78, 5) is 25.6. The van der Waals surface area contributed by atoms with Crippen molar-refractivity contribution >= 4 is 22.4 Å². The number of hydrogen-bond acceptors (Lipinski definition) is 3. The number of nitrogens with one attached hydrogen (secondary N) is 1. The number of unbranched alkanes of at least 4 members (excludes halogenated alkanes) is 3. The summed E-state index contributed by atoms with van der Waals surface area (Å²) in [5.41, 5.74) is 1.91. The molecule has 3 aromatic rings. The minimum Gasteiger partial charge on any atom is -0.321 e. The van der Waals surface area contributed by atoms with Gasteiger partial charge in [-0.15, -0.1) is 0 Å². The van der Waals surface area contributed by atoms with Crippen molar-refractivity contribution in [3.8, 4) is 0 Å². The Bertz CT molecular complexity index is 1010. The summed E-state index contributed by atoms with van der Waals surface area (Å²) in [6.45, 7) is 4.64. The average Bonchev–Trinajstić information content (AvgIpc) is 2.67. The largest absolute Gasteiger partial charge is 0.321 e. The Labute approximate surface area is 159 Å². The Morgan fingerprint density at radius 2 is 1.81 bits per heavy atom. The van der Waals surface area contributed by atoms with Gasteiger partial charge in [-0.2, -0.15) is 5.10 Å². The first-order valence-corrected chi connectivity index (χ1v) is 9.48. The Morgan fingerprint density at radius 1 is 1.04 bits per heavy atom. The average molecular weight is 363 g/mol. The van der Waals surface area contributed by atoms with Gasteiger partial charge >= 0.3 is 0 Å². The van der Waals surface area contributed by atoms with Crippen molar-refractivity contribution in [3.63, 3.8) is 0 Å². The van der Waals surface area contributed by atoms with Crippen molar-refractivity contribution in [3.05, 3.63) is 70.1 Å². The predicted molar refractivity (Wildman–Crippen MR) is 109 cm³/mol. The number of anilines is 1. The molecule has 27 heavy (non-hydrogen) atoms. The van der Waals surface area contributed by atoms with Crippen LogP contribution in [-0.4, -0.2) is 15.7 Å². The van der Waals surface area contributed by atoms with Gasteiger partial charge in [0.25, 0.3) is 11.5 Å². The minimum atomic E-state index is -0.306. The molecule has 0 aliphatic heterocycles. The maximum Gasteiger partial charge on any atom is 0.276 e. The molecule has 0 aliphatic carbocycles. The van der Waals surface area contributed by atoms with Crippen molar-refractivity contribution in [2.75, 3.05) is 5.32 Å². The molecule has 5 nitrogen and oxygen atoms in total. The maximum absolute atomic E-state index is 12.9. The molecule has 0 fully saturated rings. The van der Waals surface area contributed by atoms with Crippen LogP contribution in [0.3, 0.4) is 0 Å². The highest BCUT2D eigenvalue weighted by atomic mass is 16.2. The molecule has 0 radical (unpaired) electrons. The lowest BCUT2D eigenvalue weighted by Crippen LogP contribution is -2.27. The zero-order valence-corrected chi connectivity index (χ0v) is 15.9. The molecule has 1 aromatic heterocycles. The van der Waals surface area contributed by atoms with E-state index in [1.165, 1.54) is 4.68 Å². The van der Waals surface area contributed by atoms with E-state index >= 15 is 0 Å². The lowest BCUT2D eigenvalue weighted by Gasteiger charge is -2.11. The van der Waals surface area contributed by atoms with E-state index in [4.69, 9.17) is 0 Å². The first-order chi connectivity index (χ1) is 13.1. The van der Waals surface area contributed by atoms with Crippen LogP contribution < -0.4 is 10.9 Å². The maximum atomic E-state index is 12.9. The second-order valence-corrected chi connectivity index (χ2v) is 6.81. The summed E-state index contributed by atoms with van der Waals surface area (Å²) in [5, 5.41) is 8.41. The third-order valence-electron chi connectivity index (χ3n) is 4.58. The van der Waals surface area contributed by atoms with Crippen LogP contribution in [0.2, 0.25) is 0 Å². The lowest BCUT2D eigenvalue weighted by atomic mass is 10.1. The van der Waals surface area contributed by atoms with Crippen LogP contribution in [0.15, 0.2) is 53.3 Å². The van der Waals surface area contributed by atoms with E-state index in [2.05, 4.69) is 17.3 Å². The zero-order chi connectivity index (χ0) is 19.2. The predicted octanol–water partition coefficient (Wildman–Crippen LogP) is 4.54. The van der Waals surface area contributed by atoms with Gasteiger partial charge in [0.2, 0.25) is 0 Å². The fraction of sp³-hybridized carbons (Fsp3) is 0.318. The monoisotopic (exact) mass is 363 g/mol. The number of aryl methyl sites for hydroxylation is 2. The van der Waals surface area contributed by atoms with Crippen LogP contribution >= 0.6 is 0 Å². The molecular formula is C22H25N3O2. The van der Waals surface area contributed by atoms with Crippen molar-refractivity contribution in [2.24, 2.45) is 0 Å². The van der Waals surface area contributed by atoms with E-state index in [0.717, 1.165) is 31.2 Å². The number of nitrogens with zero attached hydrogens (tertiary/aromatic N) is 2. The highest BCUT2D eigenvalue weighted by Gasteiger charge is 2.16. The number of carbonyl (C=O) groups excluding carboxylic acids is 1. The van der Waals surface area contributed by atoms with Crippen molar-refractivity contribution in [1.29, 1.82) is 0 Å². The fourth-order valence-corrected chi connectivity index (χ4v) is 3.16. The Balaban J connectivity index is 1.96. The van der Waals surface area contributed by atoms with Gasteiger partial charge in [0.15, 0.2) is 5.69 Å². The minimum absolute atomic E-state index is 0.144. The third-order valence-corrected chi connectivity index (χ3v) is 4.58. The van der Waals surface area contributed by atoms with Crippen LogP contribution in [0.5, 0.6) is 0 Å². The topological polar surface area (TPSA) is 64.0 Å². The van der Waals surface area contributed by atoms with Crippen LogP contribution in [0.25, 0.3) is 10.8 Å². The van der Waals surface area contributed by atoms with Gasteiger partial charge in [-0.3, -0.25) is 9.59 Å².